The number of hydrogen-bond acceptors (Lipinski definition) is 3. The van der Waals surface area contributed by atoms with E-state index in [1.165, 1.54) is 25.0 Å². The van der Waals surface area contributed by atoms with Crippen LogP contribution in [0.5, 0.6) is 0 Å². The van der Waals surface area contributed by atoms with Crippen LogP contribution in [0.2, 0.25) is 0 Å². The highest BCUT2D eigenvalue weighted by atomic mass is 19.1. The SMILES string of the molecule is CCCCCCOCC(O)CNCc1ccc(F)cc1F. The van der Waals surface area contributed by atoms with Crippen LogP contribution in [0.15, 0.2) is 18.2 Å². The maximum atomic E-state index is 13.4. The van der Waals surface area contributed by atoms with Gasteiger partial charge >= 0.3 is 0 Å². The minimum absolute atomic E-state index is 0.250. The molecule has 0 aromatic heterocycles. The van der Waals surface area contributed by atoms with E-state index in [1.54, 1.807) is 0 Å². The topological polar surface area (TPSA) is 41.5 Å². The van der Waals surface area contributed by atoms with Crippen molar-refractivity contribution in [3.63, 3.8) is 0 Å². The lowest BCUT2D eigenvalue weighted by molar-refractivity contribution is 0.0353. The molecule has 120 valence electrons. The quantitative estimate of drug-likeness (QED) is 0.617. The van der Waals surface area contributed by atoms with Crippen molar-refractivity contribution in [3.8, 4) is 0 Å². The first-order chi connectivity index (χ1) is 10.1. The fourth-order valence-corrected chi connectivity index (χ4v) is 1.95. The number of benzene rings is 1. The zero-order valence-corrected chi connectivity index (χ0v) is 12.6. The molecule has 2 N–H and O–H groups in total. The first-order valence-corrected chi connectivity index (χ1v) is 7.54. The van der Waals surface area contributed by atoms with Crippen molar-refractivity contribution in [2.24, 2.45) is 0 Å². The molecule has 0 heterocycles. The van der Waals surface area contributed by atoms with Crippen LogP contribution in [0, 0.1) is 11.6 Å². The summed E-state index contributed by atoms with van der Waals surface area (Å²) >= 11 is 0. The summed E-state index contributed by atoms with van der Waals surface area (Å²) in [5, 5.41) is 12.6. The van der Waals surface area contributed by atoms with Crippen molar-refractivity contribution in [1.82, 2.24) is 5.32 Å². The Morgan fingerprint density at radius 3 is 2.76 bits per heavy atom. The van der Waals surface area contributed by atoms with Crippen LogP contribution in [0.25, 0.3) is 0 Å². The minimum Gasteiger partial charge on any atom is -0.389 e. The van der Waals surface area contributed by atoms with Crippen molar-refractivity contribution in [3.05, 3.63) is 35.4 Å². The normalized spacial score (nSPS) is 12.6. The Morgan fingerprint density at radius 2 is 2.05 bits per heavy atom. The first-order valence-electron chi connectivity index (χ1n) is 7.54. The number of halogens is 2. The number of unbranched alkanes of at least 4 members (excludes halogenated alkanes) is 3. The van der Waals surface area contributed by atoms with Gasteiger partial charge in [0.05, 0.1) is 12.7 Å². The lowest BCUT2D eigenvalue weighted by Gasteiger charge is -2.12. The molecule has 1 atom stereocenters. The molecule has 0 aliphatic heterocycles. The number of ether oxygens (including phenoxy) is 1. The third kappa shape index (κ3) is 8.09. The van der Waals surface area contributed by atoms with Crippen LogP contribution in [-0.2, 0) is 11.3 Å². The van der Waals surface area contributed by atoms with Crippen LogP contribution < -0.4 is 5.32 Å². The van der Waals surface area contributed by atoms with Gasteiger partial charge in [-0.2, -0.15) is 0 Å². The fourth-order valence-electron chi connectivity index (χ4n) is 1.95. The number of nitrogens with one attached hydrogen (secondary N) is 1. The van der Waals surface area contributed by atoms with Crippen molar-refractivity contribution >= 4 is 0 Å². The standard InChI is InChI=1S/C16H25F2NO2/c1-2-3-4-5-8-21-12-15(20)11-19-10-13-6-7-14(17)9-16(13)18/h6-7,9,15,19-20H,2-5,8,10-12H2,1H3. The van der Waals surface area contributed by atoms with E-state index in [-0.39, 0.29) is 13.2 Å². The lowest BCUT2D eigenvalue weighted by Crippen LogP contribution is -2.30. The molecule has 0 spiro atoms. The van der Waals surface area contributed by atoms with Gasteiger partial charge in [-0.05, 0) is 12.5 Å². The molecule has 21 heavy (non-hydrogen) atoms. The molecular formula is C16H25F2NO2. The molecule has 0 bridgehead atoms. The van der Waals surface area contributed by atoms with E-state index >= 15 is 0 Å². The van der Waals surface area contributed by atoms with E-state index in [2.05, 4.69) is 12.2 Å². The Kier molecular flexibility index (Phi) is 9.14. The molecule has 0 saturated carbocycles. The highest BCUT2D eigenvalue weighted by molar-refractivity contribution is 5.18. The van der Waals surface area contributed by atoms with Crippen molar-refractivity contribution in [1.29, 1.82) is 0 Å². The third-order valence-electron chi connectivity index (χ3n) is 3.16. The Labute approximate surface area is 125 Å². The summed E-state index contributed by atoms with van der Waals surface area (Å²) < 4.78 is 31.5. The van der Waals surface area contributed by atoms with E-state index in [9.17, 15) is 13.9 Å². The summed E-state index contributed by atoms with van der Waals surface area (Å²) in [7, 11) is 0. The Bertz CT molecular complexity index is 402. The van der Waals surface area contributed by atoms with Gasteiger partial charge in [-0.3, -0.25) is 0 Å². The average molecular weight is 301 g/mol. The molecule has 0 saturated heterocycles. The predicted octanol–water partition coefficient (Wildman–Crippen LogP) is 3.01. The summed E-state index contributed by atoms with van der Waals surface area (Å²) in [5.41, 5.74) is 0.379. The highest BCUT2D eigenvalue weighted by Gasteiger charge is 2.06. The maximum Gasteiger partial charge on any atom is 0.130 e. The highest BCUT2D eigenvalue weighted by Crippen LogP contribution is 2.08. The van der Waals surface area contributed by atoms with Crippen molar-refractivity contribution in [2.75, 3.05) is 19.8 Å². The number of rotatable bonds is 11. The maximum absolute atomic E-state index is 13.4. The zero-order chi connectivity index (χ0) is 15.5. The second kappa shape index (κ2) is 10.7. The Hall–Kier alpha value is -1.04. The van der Waals surface area contributed by atoms with E-state index < -0.39 is 17.7 Å². The van der Waals surface area contributed by atoms with Crippen LogP contribution in [-0.4, -0.2) is 31.0 Å². The summed E-state index contributed by atoms with van der Waals surface area (Å²) in [6, 6.07) is 3.47. The largest absolute Gasteiger partial charge is 0.389 e. The molecule has 5 heteroatoms. The first kappa shape index (κ1) is 18.0. The lowest BCUT2D eigenvalue weighted by atomic mass is 10.2. The second-order valence-electron chi connectivity index (χ2n) is 5.16. The molecule has 0 radical (unpaired) electrons. The van der Waals surface area contributed by atoms with E-state index in [4.69, 9.17) is 4.74 Å². The van der Waals surface area contributed by atoms with Gasteiger partial charge in [0, 0.05) is 31.3 Å². The smallest absolute Gasteiger partial charge is 0.130 e. The van der Waals surface area contributed by atoms with E-state index in [0.29, 0.717) is 18.7 Å². The van der Waals surface area contributed by atoms with Gasteiger partial charge in [-0.1, -0.05) is 32.3 Å². The van der Waals surface area contributed by atoms with Crippen molar-refractivity contribution < 1.29 is 18.6 Å². The summed E-state index contributed by atoms with van der Waals surface area (Å²) in [5.74, 6) is -1.17. The molecule has 1 unspecified atom stereocenters. The molecular weight excluding hydrogens is 276 g/mol. The van der Waals surface area contributed by atoms with Crippen LogP contribution in [0.4, 0.5) is 8.78 Å². The summed E-state index contributed by atoms with van der Waals surface area (Å²) in [4.78, 5) is 0. The minimum atomic E-state index is -0.625. The number of aliphatic hydroxyl groups is 1. The monoisotopic (exact) mass is 301 g/mol. The molecule has 0 amide bonds. The molecule has 1 aromatic rings. The second-order valence-corrected chi connectivity index (χ2v) is 5.16. The van der Waals surface area contributed by atoms with Crippen molar-refractivity contribution in [2.45, 2.75) is 45.3 Å². The van der Waals surface area contributed by atoms with E-state index in [1.807, 2.05) is 0 Å². The van der Waals surface area contributed by atoms with Gasteiger partial charge in [0.25, 0.3) is 0 Å². The van der Waals surface area contributed by atoms with Crippen LogP contribution in [0.1, 0.15) is 38.2 Å². The number of aliphatic hydroxyl groups excluding tert-OH is 1. The molecule has 0 aliphatic rings. The molecule has 0 aliphatic carbocycles. The zero-order valence-electron chi connectivity index (χ0n) is 12.6. The van der Waals surface area contributed by atoms with Gasteiger partial charge in [0.1, 0.15) is 11.6 Å². The number of hydrogen-bond donors (Lipinski definition) is 2. The molecule has 3 nitrogen and oxygen atoms in total. The van der Waals surface area contributed by atoms with Gasteiger partial charge in [0.2, 0.25) is 0 Å². The Balaban J connectivity index is 2.09. The fraction of sp³-hybridized carbons (Fsp3) is 0.625. The molecule has 1 aromatic carbocycles. The van der Waals surface area contributed by atoms with Gasteiger partial charge < -0.3 is 15.2 Å². The predicted molar refractivity (Wildman–Crippen MR) is 79.0 cm³/mol. The van der Waals surface area contributed by atoms with Gasteiger partial charge in [-0.15, -0.1) is 0 Å². The Morgan fingerprint density at radius 1 is 1.24 bits per heavy atom. The van der Waals surface area contributed by atoms with Gasteiger partial charge in [-0.25, -0.2) is 8.78 Å². The third-order valence-corrected chi connectivity index (χ3v) is 3.16. The summed E-state index contributed by atoms with van der Waals surface area (Å²) in [6.07, 6.45) is 3.92. The van der Waals surface area contributed by atoms with E-state index in [0.717, 1.165) is 18.9 Å². The van der Waals surface area contributed by atoms with Crippen LogP contribution in [0.3, 0.4) is 0 Å². The van der Waals surface area contributed by atoms with Gasteiger partial charge in [0.15, 0.2) is 0 Å². The molecule has 1 rings (SSSR count). The average Bonchev–Trinajstić information content (AvgIpc) is 2.45. The summed E-state index contributed by atoms with van der Waals surface area (Å²) in [6.45, 7) is 3.64. The molecule has 0 fully saturated rings. The van der Waals surface area contributed by atoms with Crippen LogP contribution >= 0.6 is 0 Å².